The summed E-state index contributed by atoms with van der Waals surface area (Å²) in [6.07, 6.45) is 0.165. The van der Waals surface area contributed by atoms with Crippen molar-refractivity contribution in [1.29, 1.82) is 0 Å². The molecular formula is C37H71N5O8. The Morgan fingerprint density at radius 1 is 1.08 bits per heavy atom. The third kappa shape index (κ3) is 12.5. The molecule has 9 atom stereocenters. The zero-order chi connectivity index (χ0) is 38.0. The number of esters is 1. The number of rotatable bonds is 10. The molecule has 0 spiro atoms. The summed E-state index contributed by atoms with van der Waals surface area (Å²) < 4.78 is 24.8. The summed E-state index contributed by atoms with van der Waals surface area (Å²) in [5.41, 5.74) is -2.44. The standard InChI is InChI=1S/C37H71N5O8/c1-25-22-37(6,47-13)33(50-34-31(44)29(40(9)10)21-26(2)49-34)27(3)32(45)36(4,5)35(46)48-20-14-15-28(16-18-41(11)24-25)42(12)30(43)23-38-17-19-39(7)8/h25-29,31,33-34,38,44H,14-24H2,1-13H3/t25-,26-,27+,28?,29+,31-,33-,34+,37-/m1/s1. The van der Waals surface area contributed by atoms with Crippen molar-refractivity contribution in [2.45, 2.75) is 116 Å². The van der Waals surface area contributed by atoms with Crippen molar-refractivity contribution in [3.63, 3.8) is 0 Å². The molecule has 13 heteroatoms. The van der Waals surface area contributed by atoms with Gasteiger partial charge >= 0.3 is 5.97 Å². The van der Waals surface area contributed by atoms with Gasteiger partial charge in [0, 0.05) is 51.8 Å². The Kier molecular flexibility index (Phi) is 17.7. The van der Waals surface area contributed by atoms with Gasteiger partial charge in [-0.25, -0.2) is 0 Å². The predicted molar refractivity (Wildman–Crippen MR) is 195 cm³/mol. The van der Waals surface area contributed by atoms with Crippen LogP contribution in [0.25, 0.3) is 0 Å². The van der Waals surface area contributed by atoms with Crippen LogP contribution in [0.2, 0.25) is 0 Å². The van der Waals surface area contributed by atoms with Gasteiger partial charge in [-0.1, -0.05) is 13.8 Å². The number of aliphatic hydroxyl groups is 1. The Morgan fingerprint density at radius 2 is 1.74 bits per heavy atom. The highest BCUT2D eigenvalue weighted by molar-refractivity contribution is 6.04. The Labute approximate surface area is 302 Å². The molecule has 292 valence electrons. The first kappa shape index (κ1) is 44.5. The van der Waals surface area contributed by atoms with Crippen molar-refractivity contribution in [3.8, 4) is 0 Å². The van der Waals surface area contributed by atoms with Gasteiger partial charge in [-0.2, -0.15) is 0 Å². The molecule has 1 unspecified atom stereocenters. The quantitative estimate of drug-likeness (QED) is 0.195. The van der Waals surface area contributed by atoms with Crippen LogP contribution in [-0.4, -0.2) is 173 Å². The summed E-state index contributed by atoms with van der Waals surface area (Å²) in [6, 6.07) is -0.243. The molecule has 0 aromatic carbocycles. The summed E-state index contributed by atoms with van der Waals surface area (Å²) in [4.78, 5) is 49.1. The molecule has 0 saturated carbocycles. The van der Waals surface area contributed by atoms with Crippen molar-refractivity contribution in [2.24, 2.45) is 17.3 Å². The number of hydrogen-bond donors (Lipinski definition) is 2. The van der Waals surface area contributed by atoms with E-state index in [4.69, 9.17) is 18.9 Å². The van der Waals surface area contributed by atoms with Crippen molar-refractivity contribution in [3.05, 3.63) is 0 Å². The van der Waals surface area contributed by atoms with Crippen LogP contribution in [0, 0.1) is 17.3 Å². The van der Waals surface area contributed by atoms with E-state index in [-0.39, 0.29) is 48.9 Å². The average molecular weight is 714 g/mol. The number of carbonyl (C=O) groups excluding carboxylic acids is 3. The van der Waals surface area contributed by atoms with E-state index in [2.05, 4.69) is 29.1 Å². The minimum absolute atomic E-state index is 0.0219. The second-order valence-electron chi connectivity index (χ2n) is 16.2. The van der Waals surface area contributed by atoms with Gasteiger partial charge in [0.05, 0.1) is 31.0 Å². The number of cyclic esters (lactones) is 1. The van der Waals surface area contributed by atoms with E-state index < -0.39 is 41.4 Å². The fraction of sp³-hybridized carbons (Fsp3) is 0.919. The number of methoxy groups -OCH3 is 1. The lowest BCUT2D eigenvalue weighted by molar-refractivity contribution is -0.295. The van der Waals surface area contributed by atoms with Crippen molar-refractivity contribution < 1.29 is 38.4 Å². The van der Waals surface area contributed by atoms with E-state index in [1.165, 1.54) is 0 Å². The molecule has 2 rings (SSSR count). The second kappa shape index (κ2) is 19.9. The molecule has 2 heterocycles. The van der Waals surface area contributed by atoms with Gasteiger partial charge in [0.2, 0.25) is 5.91 Å². The van der Waals surface area contributed by atoms with Crippen LogP contribution in [0.5, 0.6) is 0 Å². The van der Waals surface area contributed by atoms with Crippen molar-refractivity contribution in [2.75, 3.05) is 88.7 Å². The van der Waals surface area contributed by atoms with Crippen molar-refractivity contribution >= 4 is 17.7 Å². The van der Waals surface area contributed by atoms with Crippen LogP contribution in [0.15, 0.2) is 0 Å². The largest absolute Gasteiger partial charge is 0.465 e. The molecule has 0 bridgehead atoms. The monoisotopic (exact) mass is 714 g/mol. The van der Waals surface area contributed by atoms with Crippen LogP contribution in [0.4, 0.5) is 0 Å². The Balaban J connectivity index is 2.39. The van der Waals surface area contributed by atoms with Crippen LogP contribution >= 0.6 is 0 Å². The highest BCUT2D eigenvalue weighted by Gasteiger charge is 2.51. The Hall–Kier alpha value is -1.71. The van der Waals surface area contributed by atoms with E-state index in [1.807, 2.05) is 58.9 Å². The van der Waals surface area contributed by atoms with Crippen LogP contribution in [0.3, 0.4) is 0 Å². The molecule has 1 amide bonds. The highest BCUT2D eigenvalue weighted by atomic mass is 16.7. The average Bonchev–Trinajstić information content (AvgIpc) is 3.04. The molecule has 2 aliphatic rings. The van der Waals surface area contributed by atoms with E-state index in [9.17, 15) is 19.5 Å². The van der Waals surface area contributed by atoms with Crippen LogP contribution < -0.4 is 5.32 Å². The van der Waals surface area contributed by atoms with E-state index in [1.54, 1.807) is 27.9 Å². The molecule has 50 heavy (non-hydrogen) atoms. The minimum atomic E-state index is -1.47. The molecule has 0 aromatic heterocycles. The Bertz CT molecular complexity index is 1080. The molecule has 2 N–H and O–H groups in total. The molecule has 13 nitrogen and oxygen atoms in total. The zero-order valence-corrected chi connectivity index (χ0v) is 33.5. The minimum Gasteiger partial charge on any atom is -0.465 e. The number of ether oxygens (including phenoxy) is 4. The first-order chi connectivity index (χ1) is 23.2. The second-order valence-corrected chi connectivity index (χ2v) is 16.2. The lowest BCUT2D eigenvalue weighted by Crippen LogP contribution is -2.59. The molecule has 2 aliphatic heterocycles. The van der Waals surface area contributed by atoms with Gasteiger partial charge < -0.3 is 49.0 Å². The number of hydrogen-bond acceptors (Lipinski definition) is 12. The third-order valence-corrected chi connectivity index (χ3v) is 10.7. The number of aliphatic hydroxyl groups excluding tert-OH is 1. The summed E-state index contributed by atoms with van der Waals surface area (Å²) in [7, 11) is 13.4. The van der Waals surface area contributed by atoms with Gasteiger partial charge in [0.15, 0.2) is 12.1 Å². The fourth-order valence-corrected chi connectivity index (χ4v) is 7.48. The van der Waals surface area contributed by atoms with E-state index >= 15 is 0 Å². The molecule has 2 fully saturated rings. The topological polar surface area (TPSA) is 133 Å². The first-order valence-electron chi connectivity index (χ1n) is 18.5. The summed E-state index contributed by atoms with van der Waals surface area (Å²) in [6.45, 7) is 14.4. The summed E-state index contributed by atoms with van der Waals surface area (Å²) in [5.74, 6) is -1.60. The number of nitrogens with zero attached hydrogens (tertiary/aromatic N) is 4. The maximum Gasteiger partial charge on any atom is 0.319 e. The maximum absolute atomic E-state index is 14.3. The molecule has 0 aliphatic carbocycles. The molecule has 0 radical (unpaired) electrons. The van der Waals surface area contributed by atoms with E-state index in [0.717, 1.165) is 32.6 Å². The lowest BCUT2D eigenvalue weighted by Gasteiger charge is -2.47. The molecule has 0 aromatic rings. The fourth-order valence-electron chi connectivity index (χ4n) is 7.48. The van der Waals surface area contributed by atoms with Gasteiger partial charge in [0.1, 0.15) is 11.5 Å². The summed E-state index contributed by atoms with van der Waals surface area (Å²) >= 11 is 0. The van der Waals surface area contributed by atoms with Gasteiger partial charge in [-0.3, -0.25) is 14.4 Å². The number of Topliss-reactive ketones (excluding diaryl/α,β-unsaturated/α-hetero) is 1. The SMILES string of the molecule is CO[C@]1(C)C[C@@H](C)CN(C)CCC(N(C)C(=O)CNCCN(C)C)CCCOC(=O)C(C)(C)C(=O)[C@H](C)[C@H]1O[C@@H]1O[C@H](C)C[C@H](N(C)C)[C@H]1O. The molecular weight excluding hydrogens is 642 g/mol. The predicted octanol–water partition coefficient (Wildman–Crippen LogP) is 2.10. The lowest BCUT2D eigenvalue weighted by atomic mass is 9.74. The van der Waals surface area contributed by atoms with Crippen molar-refractivity contribution in [1.82, 2.24) is 24.9 Å². The number of amides is 1. The Morgan fingerprint density at radius 3 is 2.34 bits per heavy atom. The number of nitrogens with one attached hydrogen (secondary N) is 1. The van der Waals surface area contributed by atoms with Crippen LogP contribution in [0.1, 0.15) is 73.6 Å². The molecule has 2 saturated heterocycles. The smallest absolute Gasteiger partial charge is 0.319 e. The number of ketones is 1. The zero-order valence-electron chi connectivity index (χ0n) is 33.5. The summed E-state index contributed by atoms with van der Waals surface area (Å²) in [5, 5.41) is 14.6. The van der Waals surface area contributed by atoms with Gasteiger partial charge in [-0.05, 0) is 108 Å². The number of carbonyl (C=O) groups is 3. The van der Waals surface area contributed by atoms with Gasteiger partial charge in [0.25, 0.3) is 0 Å². The van der Waals surface area contributed by atoms with Crippen LogP contribution in [-0.2, 0) is 33.3 Å². The first-order valence-corrected chi connectivity index (χ1v) is 18.5. The normalized spacial score (nSPS) is 34.4. The maximum atomic E-state index is 14.3. The van der Waals surface area contributed by atoms with E-state index in [0.29, 0.717) is 25.7 Å². The highest BCUT2D eigenvalue weighted by Crippen LogP contribution is 2.38. The third-order valence-electron chi connectivity index (χ3n) is 10.7. The van der Waals surface area contributed by atoms with Gasteiger partial charge in [-0.15, -0.1) is 0 Å². The number of likely N-dealkylation sites (N-methyl/N-ethyl adjacent to an activating group) is 3.